The van der Waals surface area contributed by atoms with Gasteiger partial charge in [0, 0.05) is 35.5 Å². The van der Waals surface area contributed by atoms with Crippen LogP contribution >= 0.6 is 0 Å². The third-order valence-electron chi connectivity index (χ3n) is 8.35. The topological polar surface area (TPSA) is 83.4 Å². The molecule has 5 aromatic rings. The van der Waals surface area contributed by atoms with Crippen molar-refractivity contribution in [3.63, 3.8) is 0 Å². The van der Waals surface area contributed by atoms with Gasteiger partial charge >= 0.3 is 0 Å². The van der Waals surface area contributed by atoms with Crippen LogP contribution in [0, 0.1) is 6.92 Å². The Hall–Kier alpha value is -5.17. The number of nitrogens with zero attached hydrogens (tertiary/aromatic N) is 2. The Labute approximate surface area is 251 Å². The van der Waals surface area contributed by atoms with Gasteiger partial charge in [-0.2, -0.15) is 0 Å². The van der Waals surface area contributed by atoms with Crippen LogP contribution in [0.25, 0.3) is 22.2 Å². The molecule has 2 atom stereocenters. The molecule has 216 valence electrons. The Morgan fingerprint density at radius 2 is 1.51 bits per heavy atom. The highest BCUT2D eigenvalue weighted by Crippen LogP contribution is 2.47. The van der Waals surface area contributed by atoms with Crippen molar-refractivity contribution in [1.82, 2.24) is 20.3 Å². The number of benzene rings is 4. The summed E-state index contributed by atoms with van der Waals surface area (Å²) in [7, 11) is 2.04. The first-order valence-electron chi connectivity index (χ1n) is 14.5. The van der Waals surface area contributed by atoms with E-state index in [1.807, 2.05) is 73.8 Å². The van der Waals surface area contributed by atoms with Crippen molar-refractivity contribution in [1.29, 1.82) is 0 Å². The Balaban J connectivity index is 1.35. The quantitative estimate of drug-likeness (QED) is 0.240. The summed E-state index contributed by atoms with van der Waals surface area (Å²) in [6, 6.07) is 32.4. The lowest BCUT2D eigenvalue weighted by Crippen LogP contribution is -2.52. The first-order valence-corrected chi connectivity index (χ1v) is 14.5. The van der Waals surface area contributed by atoms with E-state index >= 15 is 0 Å². The van der Waals surface area contributed by atoms with E-state index < -0.39 is 18.0 Å². The largest absolute Gasteiger partial charge is 0.343 e. The SMILES string of the molecule is Cc1ccc(-c2c(C3c4ccccc4C(=O)N3C(C)C(=O)NNC(=O)CCc3ccccc3)c3ccccc3n2C)cc1. The van der Waals surface area contributed by atoms with Gasteiger partial charge in [0.1, 0.15) is 6.04 Å². The van der Waals surface area contributed by atoms with Crippen molar-refractivity contribution in [2.45, 2.75) is 38.8 Å². The first kappa shape index (κ1) is 28.0. The van der Waals surface area contributed by atoms with E-state index in [9.17, 15) is 14.4 Å². The molecule has 4 aromatic carbocycles. The molecule has 0 spiro atoms. The molecular formula is C36H34N4O3. The Morgan fingerprint density at radius 3 is 2.28 bits per heavy atom. The molecule has 7 nitrogen and oxygen atoms in total. The average Bonchev–Trinajstić information content (AvgIpc) is 3.49. The summed E-state index contributed by atoms with van der Waals surface area (Å²) in [6.07, 6.45) is 0.786. The lowest BCUT2D eigenvalue weighted by molar-refractivity contribution is -0.131. The number of carbonyl (C=O) groups is 3. The molecule has 2 unspecified atom stereocenters. The summed E-state index contributed by atoms with van der Waals surface area (Å²) in [5.74, 6) is -0.981. The van der Waals surface area contributed by atoms with Crippen molar-refractivity contribution in [3.8, 4) is 11.3 Å². The van der Waals surface area contributed by atoms with Gasteiger partial charge in [0.05, 0.1) is 11.7 Å². The maximum atomic E-state index is 14.0. The molecule has 0 saturated carbocycles. The van der Waals surface area contributed by atoms with Crippen LogP contribution in [0.2, 0.25) is 0 Å². The second-order valence-corrected chi connectivity index (χ2v) is 11.1. The zero-order valence-electron chi connectivity index (χ0n) is 24.5. The van der Waals surface area contributed by atoms with E-state index in [4.69, 9.17) is 0 Å². The molecule has 1 aliphatic rings. The fourth-order valence-corrected chi connectivity index (χ4v) is 6.12. The standard InChI is InChI=1S/C36H34N4O3/c1-23-17-20-26(21-18-23)33-32(29-15-9-10-16-30(29)39(33)3)34-27-13-7-8-14-28(27)36(43)40(34)24(2)35(42)38-37-31(41)22-19-25-11-5-4-6-12-25/h4-18,20-21,24,34H,19,22H2,1-3H3,(H,37,41)(H,38,42). The highest BCUT2D eigenvalue weighted by molar-refractivity contribution is 6.04. The van der Waals surface area contributed by atoms with Crippen molar-refractivity contribution >= 4 is 28.6 Å². The molecule has 6 rings (SSSR count). The highest BCUT2D eigenvalue weighted by atomic mass is 16.2. The van der Waals surface area contributed by atoms with Crippen LogP contribution in [0.4, 0.5) is 0 Å². The van der Waals surface area contributed by atoms with E-state index in [0.29, 0.717) is 12.0 Å². The van der Waals surface area contributed by atoms with Gasteiger partial charge in [-0.3, -0.25) is 25.2 Å². The van der Waals surface area contributed by atoms with Crippen LogP contribution in [0.3, 0.4) is 0 Å². The van der Waals surface area contributed by atoms with Gasteiger partial charge in [-0.25, -0.2) is 0 Å². The van der Waals surface area contributed by atoms with Crippen molar-refractivity contribution in [2.75, 3.05) is 0 Å². The number of hydrazine groups is 1. The summed E-state index contributed by atoms with van der Waals surface area (Å²) in [4.78, 5) is 41.7. The maximum Gasteiger partial charge on any atom is 0.260 e. The fraction of sp³-hybridized carbons (Fsp3) is 0.194. The summed E-state index contributed by atoms with van der Waals surface area (Å²) in [5.41, 5.74) is 12.7. The average molecular weight is 571 g/mol. The molecule has 0 radical (unpaired) electrons. The Morgan fingerprint density at radius 1 is 0.837 bits per heavy atom. The molecule has 2 N–H and O–H groups in total. The molecule has 1 aromatic heterocycles. The first-order chi connectivity index (χ1) is 20.8. The summed E-state index contributed by atoms with van der Waals surface area (Å²) in [5, 5.41) is 1.02. The van der Waals surface area contributed by atoms with Crippen molar-refractivity contribution in [2.24, 2.45) is 7.05 Å². The molecule has 0 bridgehead atoms. The maximum absolute atomic E-state index is 14.0. The van der Waals surface area contributed by atoms with Gasteiger partial charge in [-0.1, -0.05) is 96.6 Å². The summed E-state index contributed by atoms with van der Waals surface area (Å²) >= 11 is 0. The van der Waals surface area contributed by atoms with Gasteiger partial charge in [-0.05, 0) is 49.1 Å². The van der Waals surface area contributed by atoms with Crippen LogP contribution in [-0.4, -0.2) is 33.2 Å². The van der Waals surface area contributed by atoms with Crippen LogP contribution in [0.5, 0.6) is 0 Å². The van der Waals surface area contributed by atoms with E-state index in [-0.39, 0.29) is 18.2 Å². The van der Waals surface area contributed by atoms with E-state index in [0.717, 1.165) is 44.4 Å². The number of nitrogens with one attached hydrogen (secondary N) is 2. The Bertz CT molecular complexity index is 1830. The third kappa shape index (κ3) is 5.18. The minimum absolute atomic E-state index is 0.221. The molecule has 43 heavy (non-hydrogen) atoms. The van der Waals surface area contributed by atoms with Crippen LogP contribution in [0.15, 0.2) is 103 Å². The van der Waals surface area contributed by atoms with E-state index in [1.165, 1.54) is 0 Å². The van der Waals surface area contributed by atoms with E-state index in [1.54, 1.807) is 11.8 Å². The lowest BCUT2D eigenvalue weighted by Gasteiger charge is -2.31. The number of carbonyl (C=O) groups excluding carboxylic acids is 3. The van der Waals surface area contributed by atoms with E-state index in [2.05, 4.69) is 58.7 Å². The second-order valence-electron chi connectivity index (χ2n) is 11.1. The molecular weight excluding hydrogens is 536 g/mol. The van der Waals surface area contributed by atoms with Gasteiger partial charge in [0.2, 0.25) is 5.91 Å². The Kier molecular flexibility index (Phi) is 7.55. The molecule has 1 aliphatic heterocycles. The lowest BCUT2D eigenvalue weighted by atomic mass is 9.92. The van der Waals surface area contributed by atoms with Crippen LogP contribution < -0.4 is 10.9 Å². The molecule has 0 fully saturated rings. The summed E-state index contributed by atoms with van der Waals surface area (Å²) < 4.78 is 2.16. The number of hydrogen-bond donors (Lipinski definition) is 2. The fourth-order valence-electron chi connectivity index (χ4n) is 6.12. The van der Waals surface area contributed by atoms with Crippen molar-refractivity contribution < 1.29 is 14.4 Å². The minimum atomic E-state index is -0.871. The van der Waals surface area contributed by atoms with Gasteiger partial charge < -0.3 is 9.47 Å². The van der Waals surface area contributed by atoms with Crippen LogP contribution in [-0.2, 0) is 23.1 Å². The molecule has 7 heteroatoms. The number of amides is 3. The number of aryl methyl sites for hydroxylation is 3. The highest BCUT2D eigenvalue weighted by Gasteiger charge is 2.44. The normalized spacial score (nSPS) is 14.9. The number of para-hydroxylation sites is 1. The number of fused-ring (bicyclic) bond motifs is 2. The second kappa shape index (κ2) is 11.6. The number of aromatic nitrogens is 1. The van der Waals surface area contributed by atoms with Gasteiger partial charge in [0.25, 0.3) is 11.8 Å². The predicted molar refractivity (Wildman–Crippen MR) is 168 cm³/mol. The third-order valence-corrected chi connectivity index (χ3v) is 8.35. The molecule has 0 aliphatic carbocycles. The van der Waals surface area contributed by atoms with Gasteiger partial charge in [-0.15, -0.1) is 0 Å². The smallest absolute Gasteiger partial charge is 0.260 e. The molecule has 0 saturated heterocycles. The monoisotopic (exact) mass is 570 g/mol. The summed E-state index contributed by atoms with van der Waals surface area (Å²) in [6.45, 7) is 3.76. The van der Waals surface area contributed by atoms with Crippen LogP contribution in [0.1, 0.15) is 52.0 Å². The zero-order chi connectivity index (χ0) is 30.1. The minimum Gasteiger partial charge on any atom is -0.343 e. The number of rotatable bonds is 7. The predicted octanol–water partition coefficient (Wildman–Crippen LogP) is 5.87. The molecule has 2 heterocycles. The number of hydrogen-bond acceptors (Lipinski definition) is 3. The van der Waals surface area contributed by atoms with Crippen molar-refractivity contribution in [3.05, 3.63) is 131 Å². The molecule has 3 amide bonds. The zero-order valence-corrected chi connectivity index (χ0v) is 24.5. The van der Waals surface area contributed by atoms with Gasteiger partial charge in [0.15, 0.2) is 0 Å².